The predicted molar refractivity (Wildman–Crippen MR) is 116 cm³/mol. The minimum atomic E-state index is -0.396. The lowest BCUT2D eigenvalue weighted by molar-refractivity contribution is -0.384. The second-order valence-corrected chi connectivity index (χ2v) is 8.19. The van der Waals surface area contributed by atoms with E-state index in [2.05, 4.69) is 23.7 Å². The highest BCUT2D eigenvalue weighted by atomic mass is 32.2. The number of hydrogen-bond acceptors (Lipinski definition) is 6. The first kappa shape index (κ1) is 21.5. The Kier molecular flexibility index (Phi) is 7.44. The zero-order valence-electron chi connectivity index (χ0n) is 17.1. The van der Waals surface area contributed by atoms with E-state index in [-0.39, 0.29) is 11.4 Å². The molecule has 3 rings (SSSR count). The lowest BCUT2D eigenvalue weighted by atomic mass is 9.97. The molecule has 0 unspecified atom stereocenters. The molecule has 1 aromatic carbocycles. The van der Waals surface area contributed by atoms with E-state index < -0.39 is 4.92 Å². The van der Waals surface area contributed by atoms with E-state index in [0.29, 0.717) is 12.3 Å². The fraction of sp³-hybridized carbons (Fsp3) is 0.524. The van der Waals surface area contributed by atoms with Crippen LogP contribution in [0.4, 0.5) is 5.69 Å². The molecule has 2 aromatic rings. The van der Waals surface area contributed by atoms with E-state index in [1.165, 1.54) is 17.7 Å². The van der Waals surface area contributed by atoms with Crippen LogP contribution in [-0.4, -0.2) is 39.0 Å². The fourth-order valence-electron chi connectivity index (χ4n) is 3.74. The van der Waals surface area contributed by atoms with Gasteiger partial charge in [0.2, 0.25) is 0 Å². The fourth-order valence-corrected chi connectivity index (χ4v) is 4.78. The molecule has 0 saturated carbocycles. The molecule has 0 N–H and O–H groups in total. The molecule has 0 aliphatic heterocycles. The van der Waals surface area contributed by atoms with Gasteiger partial charge in [-0.1, -0.05) is 26.0 Å². The SMILES string of the molecule is CCN(CC)CCn1c2c(c(SCc3ccc([N+](=O)[O-])cc3)nc1=O)CCCC2. The number of thioether (sulfide) groups is 1. The van der Waals surface area contributed by atoms with E-state index in [1.807, 2.05) is 4.57 Å². The molecule has 8 heteroatoms. The molecule has 0 saturated heterocycles. The molecule has 0 fully saturated rings. The van der Waals surface area contributed by atoms with Gasteiger partial charge in [0.15, 0.2) is 0 Å². The molecule has 156 valence electrons. The van der Waals surface area contributed by atoms with E-state index in [0.717, 1.165) is 61.6 Å². The summed E-state index contributed by atoms with van der Waals surface area (Å²) in [5, 5.41) is 11.6. The number of fused-ring (bicyclic) bond motifs is 1. The van der Waals surface area contributed by atoms with Gasteiger partial charge in [-0.05, 0) is 44.3 Å². The average Bonchev–Trinajstić information content (AvgIpc) is 2.74. The molecular weight excluding hydrogens is 388 g/mol. The van der Waals surface area contributed by atoms with Gasteiger partial charge in [-0.2, -0.15) is 4.98 Å². The second kappa shape index (κ2) is 10.0. The van der Waals surface area contributed by atoms with Gasteiger partial charge in [-0.3, -0.25) is 14.7 Å². The highest BCUT2D eigenvalue weighted by Gasteiger charge is 2.20. The van der Waals surface area contributed by atoms with Gasteiger partial charge in [0.1, 0.15) is 5.03 Å². The van der Waals surface area contributed by atoms with Gasteiger partial charge < -0.3 is 4.90 Å². The van der Waals surface area contributed by atoms with Crippen molar-refractivity contribution in [3.8, 4) is 0 Å². The molecule has 0 radical (unpaired) electrons. The molecule has 7 nitrogen and oxygen atoms in total. The van der Waals surface area contributed by atoms with Gasteiger partial charge in [-0.15, -0.1) is 11.8 Å². The number of likely N-dealkylation sites (N-methyl/N-ethyl adjacent to an activating group) is 1. The largest absolute Gasteiger partial charge is 0.348 e. The number of nitrogens with zero attached hydrogens (tertiary/aromatic N) is 4. The molecular formula is C21H28N4O3S. The van der Waals surface area contributed by atoms with Gasteiger partial charge in [0.25, 0.3) is 5.69 Å². The van der Waals surface area contributed by atoms with Crippen molar-refractivity contribution in [2.75, 3.05) is 19.6 Å². The Bertz CT molecular complexity index is 907. The molecule has 1 heterocycles. The van der Waals surface area contributed by atoms with Crippen molar-refractivity contribution in [2.45, 2.75) is 56.9 Å². The van der Waals surface area contributed by atoms with Crippen molar-refractivity contribution >= 4 is 17.4 Å². The van der Waals surface area contributed by atoms with Crippen LogP contribution < -0.4 is 5.69 Å². The quantitative estimate of drug-likeness (QED) is 0.269. The van der Waals surface area contributed by atoms with Crippen molar-refractivity contribution < 1.29 is 4.92 Å². The molecule has 1 aliphatic carbocycles. The van der Waals surface area contributed by atoms with Crippen LogP contribution in [-0.2, 0) is 25.1 Å². The zero-order valence-corrected chi connectivity index (χ0v) is 17.9. The first-order valence-electron chi connectivity index (χ1n) is 10.2. The molecule has 0 spiro atoms. The number of aromatic nitrogens is 2. The molecule has 29 heavy (non-hydrogen) atoms. The number of benzene rings is 1. The Balaban J connectivity index is 1.79. The summed E-state index contributed by atoms with van der Waals surface area (Å²) in [6, 6.07) is 6.57. The smallest absolute Gasteiger partial charge is 0.302 e. The van der Waals surface area contributed by atoms with Crippen LogP contribution in [0.2, 0.25) is 0 Å². The summed E-state index contributed by atoms with van der Waals surface area (Å²) in [6.45, 7) is 7.77. The minimum absolute atomic E-state index is 0.0880. The zero-order chi connectivity index (χ0) is 20.8. The van der Waals surface area contributed by atoms with Gasteiger partial charge in [-0.25, -0.2) is 4.79 Å². The van der Waals surface area contributed by atoms with Crippen molar-refractivity contribution in [1.29, 1.82) is 0 Å². The third-order valence-electron chi connectivity index (χ3n) is 5.51. The Morgan fingerprint density at radius 3 is 2.52 bits per heavy atom. The monoisotopic (exact) mass is 416 g/mol. The van der Waals surface area contributed by atoms with E-state index >= 15 is 0 Å². The van der Waals surface area contributed by atoms with Crippen LogP contribution in [0, 0.1) is 10.1 Å². The summed E-state index contributed by atoms with van der Waals surface area (Å²) in [6.07, 6.45) is 4.11. The number of rotatable bonds is 9. The summed E-state index contributed by atoms with van der Waals surface area (Å²) in [4.78, 5) is 29.9. The maximum atomic E-state index is 12.8. The second-order valence-electron chi connectivity index (χ2n) is 7.22. The third kappa shape index (κ3) is 5.25. The Labute approximate surface area is 175 Å². The molecule has 1 aliphatic rings. The van der Waals surface area contributed by atoms with E-state index in [4.69, 9.17) is 0 Å². The van der Waals surface area contributed by atoms with Crippen LogP contribution >= 0.6 is 11.8 Å². The van der Waals surface area contributed by atoms with Crippen molar-refractivity contribution in [3.05, 3.63) is 61.7 Å². The molecule has 0 amide bonds. The summed E-state index contributed by atoms with van der Waals surface area (Å²) in [7, 11) is 0. The Hall–Kier alpha value is -2.19. The van der Waals surface area contributed by atoms with Crippen molar-refractivity contribution in [3.63, 3.8) is 0 Å². The lowest BCUT2D eigenvalue weighted by Crippen LogP contribution is -2.35. The maximum absolute atomic E-state index is 12.8. The normalized spacial score (nSPS) is 13.5. The summed E-state index contributed by atoms with van der Waals surface area (Å²) < 4.78 is 1.88. The standard InChI is InChI=1S/C21H28N4O3S/c1-3-23(4-2)13-14-24-19-8-6-5-7-18(19)20(22-21(24)26)29-15-16-9-11-17(12-10-16)25(27)28/h9-12H,3-8,13-15H2,1-2H3. The number of hydrogen-bond donors (Lipinski definition) is 0. The molecule has 0 bridgehead atoms. The molecule has 0 atom stereocenters. The van der Waals surface area contributed by atoms with Crippen molar-refractivity contribution in [2.24, 2.45) is 0 Å². The van der Waals surface area contributed by atoms with Gasteiger partial charge in [0.05, 0.1) is 4.92 Å². The minimum Gasteiger partial charge on any atom is -0.302 e. The van der Waals surface area contributed by atoms with E-state index in [1.54, 1.807) is 23.9 Å². The first-order valence-corrected chi connectivity index (χ1v) is 11.2. The Morgan fingerprint density at radius 2 is 1.86 bits per heavy atom. The summed E-state index contributed by atoms with van der Waals surface area (Å²) in [5.74, 6) is 0.639. The van der Waals surface area contributed by atoms with Crippen molar-refractivity contribution in [1.82, 2.24) is 14.5 Å². The van der Waals surface area contributed by atoms with Crippen LogP contribution in [0.3, 0.4) is 0 Å². The lowest BCUT2D eigenvalue weighted by Gasteiger charge is -2.24. The highest BCUT2D eigenvalue weighted by Crippen LogP contribution is 2.30. The highest BCUT2D eigenvalue weighted by molar-refractivity contribution is 7.98. The topological polar surface area (TPSA) is 81.3 Å². The average molecular weight is 417 g/mol. The number of nitro groups is 1. The van der Waals surface area contributed by atoms with Crippen LogP contribution in [0.5, 0.6) is 0 Å². The number of nitro benzene ring substituents is 1. The number of non-ortho nitro benzene ring substituents is 1. The first-order chi connectivity index (χ1) is 14.0. The van der Waals surface area contributed by atoms with Crippen LogP contribution in [0.25, 0.3) is 0 Å². The van der Waals surface area contributed by atoms with E-state index in [9.17, 15) is 14.9 Å². The predicted octanol–water partition coefficient (Wildman–Crippen LogP) is 3.66. The van der Waals surface area contributed by atoms with Crippen LogP contribution in [0.1, 0.15) is 43.5 Å². The Morgan fingerprint density at radius 1 is 1.17 bits per heavy atom. The van der Waals surface area contributed by atoms with Gasteiger partial charge >= 0.3 is 5.69 Å². The maximum Gasteiger partial charge on any atom is 0.348 e. The summed E-state index contributed by atoms with van der Waals surface area (Å²) >= 11 is 1.55. The van der Waals surface area contributed by atoms with Crippen LogP contribution in [0.15, 0.2) is 34.1 Å². The third-order valence-corrected chi connectivity index (χ3v) is 6.60. The van der Waals surface area contributed by atoms with Gasteiger partial charge in [0, 0.05) is 42.2 Å². The summed E-state index contributed by atoms with van der Waals surface area (Å²) in [5.41, 5.74) is 3.27. The molecule has 1 aromatic heterocycles.